The number of nitrogens with zero attached hydrogens (tertiary/aromatic N) is 1. The minimum Gasteiger partial charge on any atom is -0.489 e. The molecule has 0 unspecified atom stereocenters. The molecule has 1 aliphatic heterocycles. The Morgan fingerprint density at radius 1 is 0.943 bits per heavy atom. The third-order valence-electron chi connectivity index (χ3n) is 5.16. The van der Waals surface area contributed by atoms with Crippen molar-refractivity contribution in [3.05, 3.63) is 100 Å². The van der Waals surface area contributed by atoms with Gasteiger partial charge in [-0.05, 0) is 65.7 Å². The number of halogens is 1. The van der Waals surface area contributed by atoms with Crippen LogP contribution >= 0.6 is 11.6 Å². The van der Waals surface area contributed by atoms with Crippen LogP contribution in [0.1, 0.15) is 21.5 Å². The van der Waals surface area contributed by atoms with Gasteiger partial charge in [-0.15, -0.1) is 0 Å². The number of methoxy groups -OCH3 is 1. The molecule has 0 bridgehead atoms. The quantitative estimate of drug-likeness (QED) is 0.313. The summed E-state index contributed by atoms with van der Waals surface area (Å²) in [4.78, 5) is 50.2. The lowest BCUT2D eigenvalue weighted by Gasteiger charge is -2.26. The molecule has 1 N–H and O–H groups in total. The Kier molecular flexibility index (Phi) is 6.93. The van der Waals surface area contributed by atoms with Gasteiger partial charge in [0.1, 0.15) is 17.9 Å². The van der Waals surface area contributed by atoms with Crippen molar-refractivity contribution in [2.45, 2.75) is 6.61 Å². The fourth-order valence-corrected chi connectivity index (χ4v) is 3.46. The van der Waals surface area contributed by atoms with Crippen LogP contribution in [-0.2, 0) is 20.9 Å². The molecule has 0 aromatic heterocycles. The molecule has 1 saturated heterocycles. The first-order valence-corrected chi connectivity index (χ1v) is 10.8. The van der Waals surface area contributed by atoms with Gasteiger partial charge in [0.05, 0.1) is 18.4 Å². The lowest BCUT2D eigenvalue weighted by Crippen LogP contribution is -2.54. The number of hydrogen-bond donors (Lipinski definition) is 1. The Morgan fingerprint density at radius 3 is 2.23 bits per heavy atom. The molecule has 1 aliphatic rings. The number of urea groups is 1. The summed E-state index contributed by atoms with van der Waals surface area (Å²) in [6.45, 7) is 0.352. The van der Waals surface area contributed by atoms with Gasteiger partial charge < -0.3 is 9.47 Å². The molecule has 4 amide bonds. The zero-order valence-corrected chi connectivity index (χ0v) is 19.2. The molecule has 35 heavy (non-hydrogen) atoms. The molecule has 1 fully saturated rings. The summed E-state index contributed by atoms with van der Waals surface area (Å²) in [5.74, 6) is -1.54. The summed E-state index contributed by atoms with van der Waals surface area (Å²) in [5, 5.41) is 2.81. The van der Waals surface area contributed by atoms with E-state index >= 15 is 0 Å². The molecule has 0 spiro atoms. The van der Waals surface area contributed by atoms with Crippen LogP contribution in [0.4, 0.5) is 10.5 Å². The fourth-order valence-electron chi connectivity index (χ4n) is 3.33. The Balaban J connectivity index is 1.50. The highest BCUT2D eigenvalue weighted by Crippen LogP contribution is 2.23. The molecule has 0 saturated carbocycles. The van der Waals surface area contributed by atoms with Gasteiger partial charge in [0.25, 0.3) is 11.8 Å². The Hall–Kier alpha value is -4.43. The molecule has 3 aromatic carbocycles. The number of hydrogen-bond acceptors (Lipinski definition) is 6. The maximum atomic E-state index is 13.0. The molecule has 4 rings (SSSR count). The van der Waals surface area contributed by atoms with Crippen molar-refractivity contribution in [3.63, 3.8) is 0 Å². The highest BCUT2D eigenvalue weighted by Gasteiger charge is 2.36. The first-order valence-electron chi connectivity index (χ1n) is 10.4. The van der Waals surface area contributed by atoms with Gasteiger partial charge in [0, 0.05) is 5.02 Å². The van der Waals surface area contributed by atoms with Crippen LogP contribution in [0.5, 0.6) is 5.75 Å². The highest BCUT2D eigenvalue weighted by molar-refractivity contribution is 6.39. The van der Waals surface area contributed by atoms with Crippen molar-refractivity contribution in [2.75, 3.05) is 12.0 Å². The summed E-state index contributed by atoms with van der Waals surface area (Å²) in [6, 6.07) is 18.9. The molecular formula is C26H19ClN2O6. The molecule has 176 valence electrons. The molecule has 8 nitrogen and oxygen atoms in total. The Labute approximate surface area is 205 Å². The number of amides is 4. The average Bonchev–Trinajstić information content (AvgIpc) is 2.87. The standard InChI is InChI=1S/C26H19ClN2O6/c1-34-25(32)18-6-10-20(11-7-18)29-24(31)22(23(30)28-26(29)33)14-16-4-12-21(13-5-16)35-15-17-2-8-19(27)9-3-17/h2-14H,15H2,1H3,(H,28,30,33)/b22-14+. The predicted octanol–water partition coefficient (Wildman–Crippen LogP) is 4.37. The third-order valence-corrected chi connectivity index (χ3v) is 5.41. The van der Waals surface area contributed by atoms with Crippen molar-refractivity contribution in [1.82, 2.24) is 5.32 Å². The lowest BCUT2D eigenvalue weighted by atomic mass is 10.1. The number of imide groups is 2. The number of benzene rings is 3. The van der Waals surface area contributed by atoms with E-state index in [1.54, 1.807) is 36.4 Å². The second-order valence-electron chi connectivity index (χ2n) is 7.48. The van der Waals surface area contributed by atoms with Gasteiger partial charge in [0.2, 0.25) is 0 Å². The fraction of sp³-hybridized carbons (Fsp3) is 0.0769. The zero-order valence-electron chi connectivity index (χ0n) is 18.5. The monoisotopic (exact) mass is 490 g/mol. The smallest absolute Gasteiger partial charge is 0.337 e. The number of carbonyl (C=O) groups excluding carboxylic acids is 4. The summed E-state index contributed by atoms with van der Waals surface area (Å²) >= 11 is 5.88. The third kappa shape index (κ3) is 5.39. The molecule has 0 aliphatic carbocycles. The SMILES string of the molecule is COC(=O)c1ccc(N2C(=O)NC(=O)/C(=C\c3ccc(OCc4ccc(Cl)cc4)cc3)C2=O)cc1. The maximum absolute atomic E-state index is 13.0. The maximum Gasteiger partial charge on any atom is 0.337 e. The number of barbiturate groups is 1. The predicted molar refractivity (Wildman–Crippen MR) is 129 cm³/mol. The van der Waals surface area contributed by atoms with E-state index < -0.39 is 23.8 Å². The largest absolute Gasteiger partial charge is 0.489 e. The summed E-state index contributed by atoms with van der Waals surface area (Å²) in [6.07, 6.45) is 1.39. The van der Waals surface area contributed by atoms with Gasteiger partial charge in [-0.3, -0.25) is 14.9 Å². The number of nitrogens with one attached hydrogen (secondary N) is 1. The molecule has 1 heterocycles. The second kappa shape index (κ2) is 10.2. The van der Waals surface area contributed by atoms with E-state index in [0.717, 1.165) is 10.5 Å². The van der Waals surface area contributed by atoms with Crippen LogP contribution in [0.2, 0.25) is 5.02 Å². The second-order valence-corrected chi connectivity index (χ2v) is 7.92. The van der Waals surface area contributed by atoms with Crippen molar-refractivity contribution >= 4 is 47.2 Å². The minimum atomic E-state index is -0.881. The first-order chi connectivity index (χ1) is 16.9. The van der Waals surface area contributed by atoms with Gasteiger partial charge in [-0.1, -0.05) is 35.9 Å². The molecule has 0 atom stereocenters. The number of anilines is 1. The minimum absolute atomic E-state index is 0.199. The lowest BCUT2D eigenvalue weighted by molar-refractivity contribution is -0.122. The molecule has 3 aromatic rings. The number of carbonyl (C=O) groups is 4. The van der Waals surface area contributed by atoms with Crippen LogP contribution in [0.3, 0.4) is 0 Å². The highest BCUT2D eigenvalue weighted by atomic mass is 35.5. The van der Waals surface area contributed by atoms with Gasteiger partial charge in [-0.2, -0.15) is 0 Å². The number of ether oxygens (including phenoxy) is 2. The summed E-state index contributed by atoms with van der Waals surface area (Å²) in [7, 11) is 1.25. The summed E-state index contributed by atoms with van der Waals surface area (Å²) < 4.78 is 10.4. The van der Waals surface area contributed by atoms with E-state index in [1.165, 1.54) is 37.5 Å². The van der Waals surface area contributed by atoms with E-state index in [4.69, 9.17) is 16.3 Å². The number of esters is 1. The van der Waals surface area contributed by atoms with Crippen molar-refractivity contribution < 1.29 is 28.7 Å². The van der Waals surface area contributed by atoms with Gasteiger partial charge in [-0.25, -0.2) is 14.5 Å². The number of rotatable bonds is 6. The van der Waals surface area contributed by atoms with Crippen molar-refractivity contribution in [3.8, 4) is 5.75 Å². The topological polar surface area (TPSA) is 102 Å². The van der Waals surface area contributed by atoms with Crippen LogP contribution < -0.4 is 15.0 Å². The van der Waals surface area contributed by atoms with E-state index in [-0.39, 0.29) is 16.8 Å². The van der Waals surface area contributed by atoms with E-state index in [0.29, 0.717) is 22.9 Å². The van der Waals surface area contributed by atoms with Crippen molar-refractivity contribution in [1.29, 1.82) is 0 Å². The normalized spacial score (nSPS) is 14.6. The van der Waals surface area contributed by atoms with E-state index in [1.807, 2.05) is 12.1 Å². The first kappa shape index (κ1) is 23.7. The summed E-state index contributed by atoms with van der Waals surface area (Å²) in [5.41, 5.74) is 1.76. The van der Waals surface area contributed by atoms with Crippen molar-refractivity contribution in [2.24, 2.45) is 0 Å². The van der Waals surface area contributed by atoms with Crippen LogP contribution in [0.25, 0.3) is 6.08 Å². The molecule has 0 radical (unpaired) electrons. The van der Waals surface area contributed by atoms with Crippen LogP contribution in [0.15, 0.2) is 78.4 Å². The van der Waals surface area contributed by atoms with Gasteiger partial charge in [0.15, 0.2) is 0 Å². The molecular weight excluding hydrogens is 472 g/mol. The molecule has 9 heteroatoms. The zero-order chi connectivity index (χ0) is 24.9. The Bertz CT molecular complexity index is 1320. The van der Waals surface area contributed by atoms with Crippen LogP contribution in [0, 0.1) is 0 Å². The van der Waals surface area contributed by atoms with E-state index in [9.17, 15) is 19.2 Å². The van der Waals surface area contributed by atoms with Gasteiger partial charge >= 0.3 is 12.0 Å². The average molecular weight is 491 g/mol. The van der Waals surface area contributed by atoms with E-state index in [2.05, 4.69) is 10.1 Å². The Morgan fingerprint density at radius 2 is 1.60 bits per heavy atom. The van der Waals surface area contributed by atoms with Crippen LogP contribution in [-0.4, -0.2) is 30.9 Å².